The lowest BCUT2D eigenvalue weighted by atomic mass is 10.0. The summed E-state index contributed by atoms with van der Waals surface area (Å²) in [6, 6.07) is -0.232. The third kappa shape index (κ3) is 6.09. The van der Waals surface area contributed by atoms with Gasteiger partial charge in [0.05, 0.1) is 6.04 Å². The van der Waals surface area contributed by atoms with Crippen LogP contribution in [0.5, 0.6) is 0 Å². The minimum Gasteiger partial charge on any atom is -0.444 e. The quantitative estimate of drug-likeness (QED) is 0.409. The minimum absolute atomic E-state index is 0.0304. The number of nitrogens with one attached hydrogen (secondary N) is 2. The van der Waals surface area contributed by atoms with Gasteiger partial charge in [0, 0.05) is 13.2 Å². The fourth-order valence-electron chi connectivity index (χ4n) is 2.38. The van der Waals surface area contributed by atoms with Gasteiger partial charge in [0.25, 0.3) is 0 Å². The van der Waals surface area contributed by atoms with Crippen molar-refractivity contribution in [2.75, 3.05) is 13.2 Å². The van der Waals surface area contributed by atoms with E-state index < -0.39 is 17.9 Å². The lowest BCUT2D eigenvalue weighted by Gasteiger charge is -2.41. The van der Waals surface area contributed by atoms with Gasteiger partial charge in [-0.25, -0.2) is 4.79 Å². The Hall–Kier alpha value is -1.50. The zero-order valence-electron chi connectivity index (χ0n) is 14.1. The van der Waals surface area contributed by atoms with Crippen molar-refractivity contribution in [1.29, 1.82) is 5.41 Å². The summed E-state index contributed by atoms with van der Waals surface area (Å²) in [4.78, 5) is 13.7. The number of alkyl carbamates (subject to hydrolysis) is 1. The Morgan fingerprint density at radius 3 is 2.68 bits per heavy atom. The number of amides is 1. The van der Waals surface area contributed by atoms with Gasteiger partial charge < -0.3 is 25.4 Å². The van der Waals surface area contributed by atoms with Gasteiger partial charge in [0.15, 0.2) is 12.2 Å². The van der Waals surface area contributed by atoms with Crippen LogP contribution < -0.4 is 11.1 Å². The van der Waals surface area contributed by atoms with Crippen molar-refractivity contribution in [3.63, 3.8) is 0 Å². The highest BCUT2D eigenvalue weighted by molar-refractivity contribution is 5.75. The van der Waals surface area contributed by atoms with Gasteiger partial charge in [-0.2, -0.15) is 0 Å². The molecule has 4 N–H and O–H groups in total. The number of ether oxygens (including phenoxy) is 2. The SMILES string of the molecule is CCCCO[C@H]1[C@@H](NC(=O)OC(C)(C)C)CCCN1C(=N)N. The molecule has 0 radical (unpaired) electrons. The third-order valence-corrected chi connectivity index (χ3v) is 3.36. The molecular formula is C15H30N4O3. The molecule has 0 aromatic heterocycles. The van der Waals surface area contributed by atoms with Crippen LogP contribution in [0.15, 0.2) is 0 Å². The molecule has 128 valence electrons. The molecule has 1 fully saturated rings. The maximum absolute atomic E-state index is 12.0. The largest absolute Gasteiger partial charge is 0.444 e. The lowest BCUT2D eigenvalue weighted by Crippen LogP contribution is -2.60. The summed E-state index contributed by atoms with van der Waals surface area (Å²) in [5.41, 5.74) is 5.10. The molecule has 1 heterocycles. The first-order chi connectivity index (χ1) is 10.2. The molecule has 0 aromatic rings. The van der Waals surface area contributed by atoms with E-state index in [1.165, 1.54) is 0 Å². The summed E-state index contributed by atoms with van der Waals surface area (Å²) in [5, 5.41) is 10.6. The third-order valence-electron chi connectivity index (χ3n) is 3.36. The Balaban J connectivity index is 2.70. The molecule has 0 unspecified atom stereocenters. The molecule has 2 atom stereocenters. The van der Waals surface area contributed by atoms with Crippen LogP contribution in [0, 0.1) is 5.41 Å². The number of hydrogen-bond acceptors (Lipinski definition) is 4. The van der Waals surface area contributed by atoms with Gasteiger partial charge >= 0.3 is 6.09 Å². The van der Waals surface area contributed by atoms with Crippen LogP contribution >= 0.6 is 0 Å². The van der Waals surface area contributed by atoms with E-state index in [1.807, 2.05) is 20.8 Å². The lowest BCUT2D eigenvalue weighted by molar-refractivity contribution is -0.0694. The Kier molecular flexibility index (Phi) is 6.93. The molecule has 0 aliphatic carbocycles. The van der Waals surface area contributed by atoms with E-state index in [9.17, 15) is 4.79 Å². The smallest absolute Gasteiger partial charge is 0.408 e. The normalized spacial score (nSPS) is 22.3. The van der Waals surface area contributed by atoms with Gasteiger partial charge in [0.2, 0.25) is 0 Å². The molecule has 1 saturated heterocycles. The first-order valence-corrected chi connectivity index (χ1v) is 7.96. The Morgan fingerprint density at radius 1 is 1.45 bits per heavy atom. The fourth-order valence-corrected chi connectivity index (χ4v) is 2.38. The summed E-state index contributed by atoms with van der Waals surface area (Å²) in [7, 11) is 0. The number of carbonyl (C=O) groups excluding carboxylic acids is 1. The number of rotatable bonds is 5. The number of unbranched alkanes of at least 4 members (excludes halogenated alkanes) is 1. The van der Waals surface area contributed by atoms with Gasteiger partial charge in [0.1, 0.15) is 5.60 Å². The number of piperidine rings is 1. The van der Waals surface area contributed by atoms with Crippen molar-refractivity contribution >= 4 is 12.1 Å². The number of likely N-dealkylation sites (tertiary alicyclic amines) is 1. The zero-order valence-corrected chi connectivity index (χ0v) is 14.1. The Morgan fingerprint density at radius 2 is 2.14 bits per heavy atom. The molecule has 1 aliphatic rings. The van der Waals surface area contributed by atoms with Crippen molar-refractivity contribution in [2.45, 2.75) is 71.2 Å². The van der Waals surface area contributed by atoms with Crippen LogP contribution in [0.25, 0.3) is 0 Å². The van der Waals surface area contributed by atoms with Crippen molar-refractivity contribution in [3.05, 3.63) is 0 Å². The second-order valence-corrected chi connectivity index (χ2v) is 6.59. The van der Waals surface area contributed by atoms with Crippen LogP contribution in [0.3, 0.4) is 0 Å². The average molecular weight is 314 g/mol. The molecule has 0 spiro atoms. The first-order valence-electron chi connectivity index (χ1n) is 7.96. The molecule has 0 aromatic carbocycles. The maximum Gasteiger partial charge on any atom is 0.408 e. The van der Waals surface area contributed by atoms with E-state index in [2.05, 4.69) is 12.2 Å². The number of guanidine groups is 1. The molecule has 1 amide bonds. The van der Waals surface area contributed by atoms with Crippen molar-refractivity contribution in [3.8, 4) is 0 Å². The van der Waals surface area contributed by atoms with E-state index in [4.69, 9.17) is 20.6 Å². The van der Waals surface area contributed by atoms with Gasteiger partial charge in [-0.05, 0) is 40.0 Å². The van der Waals surface area contributed by atoms with Crippen LogP contribution in [-0.2, 0) is 9.47 Å². The molecule has 7 nitrogen and oxygen atoms in total. The number of carbonyl (C=O) groups is 1. The second kappa shape index (κ2) is 8.22. The number of nitrogens with zero attached hydrogens (tertiary/aromatic N) is 1. The van der Waals surface area contributed by atoms with Crippen molar-refractivity contribution in [2.24, 2.45) is 5.73 Å². The van der Waals surface area contributed by atoms with Crippen LogP contribution in [-0.4, -0.2) is 48.0 Å². The van der Waals surface area contributed by atoms with Crippen molar-refractivity contribution < 1.29 is 14.3 Å². The summed E-state index contributed by atoms with van der Waals surface area (Å²) < 4.78 is 11.2. The van der Waals surface area contributed by atoms with Gasteiger partial charge in [-0.1, -0.05) is 13.3 Å². The molecule has 0 bridgehead atoms. The van der Waals surface area contributed by atoms with Crippen LogP contribution in [0.1, 0.15) is 53.4 Å². The summed E-state index contributed by atoms with van der Waals surface area (Å²) in [6.45, 7) is 8.80. The molecule has 22 heavy (non-hydrogen) atoms. The predicted octanol–water partition coefficient (Wildman–Crippen LogP) is 2.01. The maximum atomic E-state index is 12.0. The molecule has 7 heteroatoms. The highest BCUT2D eigenvalue weighted by Crippen LogP contribution is 2.20. The second-order valence-electron chi connectivity index (χ2n) is 6.59. The summed E-state index contributed by atoms with van der Waals surface area (Å²) >= 11 is 0. The predicted molar refractivity (Wildman–Crippen MR) is 85.7 cm³/mol. The van der Waals surface area contributed by atoms with E-state index in [0.29, 0.717) is 13.2 Å². The fraction of sp³-hybridized carbons (Fsp3) is 0.867. The van der Waals surface area contributed by atoms with E-state index in [0.717, 1.165) is 25.7 Å². The highest BCUT2D eigenvalue weighted by atomic mass is 16.6. The molecular weight excluding hydrogens is 284 g/mol. The Labute approximate surface area is 133 Å². The monoisotopic (exact) mass is 314 g/mol. The highest BCUT2D eigenvalue weighted by Gasteiger charge is 2.35. The summed E-state index contributed by atoms with van der Waals surface area (Å²) in [6.07, 6.45) is 2.70. The molecule has 0 saturated carbocycles. The van der Waals surface area contributed by atoms with Crippen LogP contribution in [0.2, 0.25) is 0 Å². The standard InChI is InChI=1S/C15H30N4O3/c1-5-6-10-21-12-11(8-7-9-19(12)13(16)17)18-14(20)22-15(2,3)4/h11-12H,5-10H2,1-4H3,(H3,16,17)(H,18,20)/t11-,12-/m0/s1. The number of nitrogens with two attached hydrogens (primary N) is 1. The van der Waals surface area contributed by atoms with E-state index in [-0.39, 0.29) is 12.0 Å². The summed E-state index contributed by atoms with van der Waals surface area (Å²) in [5.74, 6) is -0.0304. The average Bonchev–Trinajstić information content (AvgIpc) is 2.38. The minimum atomic E-state index is -0.544. The Bertz CT molecular complexity index is 381. The zero-order chi connectivity index (χ0) is 16.8. The topological polar surface area (TPSA) is 101 Å². The van der Waals surface area contributed by atoms with Crippen LogP contribution in [0.4, 0.5) is 4.79 Å². The van der Waals surface area contributed by atoms with E-state index in [1.54, 1.807) is 4.90 Å². The molecule has 1 rings (SSSR count). The van der Waals surface area contributed by atoms with Gasteiger partial charge in [-0.15, -0.1) is 0 Å². The van der Waals surface area contributed by atoms with Gasteiger partial charge in [-0.3, -0.25) is 5.41 Å². The first kappa shape index (κ1) is 18.5. The van der Waals surface area contributed by atoms with E-state index >= 15 is 0 Å². The van der Waals surface area contributed by atoms with Crippen molar-refractivity contribution in [1.82, 2.24) is 10.2 Å². The number of hydrogen-bond donors (Lipinski definition) is 3. The molecule has 1 aliphatic heterocycles.